The van der Waals surface area contributed by atoms with E-state index in [4.69, 9.17) is 9.90 Å². The lowest BCUT2D eigenvalue weighted by atomic mass is 10.2. The summed E-state index contributed by atoms with van der Waals surface area (Å²) in [4.78, 5) is 13.0. The van der Waals surface area contributed by atoms with Crippen molar-refractivity contribution in [1.82, 2.24) is 15.2 Å². The van der Waals surface area contributed by atoms with E-state index in [2.05, 4.69) is 20.9 Å². The maximum atomic E-state index is 8.78. The monoisotopic (exact) mass is 242 g/mol. The topological polar surface area (TPSA) is 102 Å². The summed E-state index contributed by atoms with van der Waals surface area (Å²) in [6.45, 7) is 0. The summed E-state index contributed by atoms with van der Waals surface area (Å²) in [6, 6.07) is 9.87. The fourth-order valence-corrected chi connectivity index (χ4v) is 1.61. The van der Waals surface area contributed by atoms with Crippen LogP contribution in [0, 0.1) is 0 Å². The molecule has 3 N–H and O–H groups in total. The second-order valence-electron chi connectivity index (χ2n) is 3.44. The highest BCUT2D eigenvalue weighted by molar-refractivity contribution is 6.03. The summed E-state index contributed by atoms with van der Waals surface area (Å²) in [5.74, 6) is 0. The van der Waals surface area contributed by atoms with Crippen LogP contribution in [0.5, 0.6) is 0 Å². The first-order chi connectivity index (χ1) is 8.68. The van der Waals surface area contributed by atoms with Gasteiger partial charge in [0.25, 0.3) is 0 Å². The van der Waals surface area contributed by atoms with Gasteiger partial charge in [-0.05, 0) is 18.2 Å². The molecule has 0 radical (unpaired) electrons. The van der Waals surface area contributed by atoms with Gasteiger partial charge < -0.3 is 10.8 Å². The molecule has 1 aromatic carbocycles. The van der Waals surface area contributed by atoms with Crippen LogP contribution in [0.3, 0.4) is 0 Å². The maximum Gasteiger partial charge on any atom is 0.402 e. The maximum absolute atomic E-state index is 8.78. The van der Waals surface area contributed by atoms with Crippen LogP contribution < -0.4 is 5.73 Å². The lowest BCUT2D eigenvalue weighted by Gasteiger charge is -1.91. The molecule has 0 unspecified atom stereocenters. The third-order valence-corrected chi connectivity index (χ3v) is 2.27. The summed E-state index contributed by atoms with van der Waals surface area (Å²) in [7, 11) is 0. The van der Waals surface area contributed by atoms with E-state index >= 15 is 0 Å². The number of fused-ring (bicyclic) bond motifs is 3. The Balaban J connectivity index is 0.000000267. The summed E-state index contributed by atoms with van der Waals surface area (Å²) >= 11 is 0. The molecule has 18 heavy (non-hydrogen) atoms. The van der Waals surface area contributed by atoms with Crippen LogP contribution in [0.1, 0.15) is 0 Å². The van der Waals surface area contributed by atoms with Crippen molar-refractivity contribution in [1.29, 1.82) is 0 Å². The zero-order chi connectivity index (χ0) is 13.0. The van der Waals surface area contributed by atoms with Gasteiger partial charge >= 0.3 is 6.09 Å². The molecule has 3 aromatic rings. The molecule has 0 bridgehead atoms. The van der Waals surface area contributed by atoms with Gasteiger partial charge in [0.05, 0.1) is 5.52 Å². The van der Waals surface area contributed by atoms with Crippen molar-refractivity contribution in [3.05, 3.63) is 42.7 Å². The Hall–Kier alpha value is -2.76. The number of aromatic nitrogens is 3. The number of benzene rings is 1. The smallest absolute Gasteiger partial charge is 0.402 e. The van der Waals surface area contributed by atoms with Crippen LogP contribution in [0.4, 0.5) is 4.79 Å². The molecule has 6 heteroatoms. The van der Waals surface area contributed by atoms with E-state index in [1.807, 2.05) is 30.3 Å². The molecule has 6 nitrogen and oxygen atoms in total. The molecule has 0 fully saturated rings. The van der Waals surface area contributed by atoms with E-state index < -0.39 is 6.09 Å². The lowest BCUT2D eigenvalue weighted by molar-refractivity contribution is 0.205. The molecule has 0 aliphatic rings. The van der Waals surface area contributed by atoms with Gasteiger partial charge in [0, 0.05) is 23.2 Å². The van der Waals surface area contributed by atoms with E-state index in [0.717, 1.165) is 21.8 Å². The lowest BCUT2D eigenvalue weighted by Crippen LogP contribution is -2.03. The molecule has 0 saturated heterocycles. The van der Waals surface area contributed by atoms with Crippen LogP contribution in [-0.2, 0) is 0 Å². The number of amides is 1. The van der Waals surface area contributed by atoms with Crippen LogP contribution in [-0.4, -0.2) is 26.4 Å². The van der Waals surface area contributed by atoms with Crippen LogP contribution in [0.2, 0.25) is 0 Å². The molecule has 2 heterocycles. The summed E-state index contributed by atoms with van der Waals surface area (Å²) < 4.78 is 0. The van der Waals surface area contributed by atoms with E-state index in [9.17, 15) is 0 Å². The van der Waals surface area contributed by atoms with Gasteiger partial charge in [-0.25, -0.2) is 4.79 Å². The Morgan fingerprint density at radius 2 is 1.94 bits per heavy atom. The Morgan fingerprint density at radius 3 is 2.72 bits per heavy atom. The van der Waals surface area contributed by atoms with Crippen LogP contribution in [0.15, 0.2) is 42.7 Å². The number of hydrogen-bond acceptors (Lipinski definition) is 4. The van der Waals surface area contributed by atoms with Gasteiger partial charge in [-0.15, -0.1) is 5.10 Å². The number of nitrogens with zero attached hydrogens (tertiary/aromatic N) is 3. The van der Waals surface area contributed by atoms with Crippen molar-refractivity contribution in [3.8, 4) is 0 Å². The molecule has 90 valence electrons. The van der Waals surface area contributed by atoms with E-state index in [-0.39, 0.29) is 0 Å². The molecular formula is C12H10N4O2. The van der Waals surface area contributed by atoms with Crippen molar-refractivity contribution in [2.24, 2.45) is 5.73 Å². The minimum Gasteiger partial charge on any atom is -0.465 e. The van der Waals surface area contributed by atoms with Gasteiger partial charge in [-0.2, -0.15) is 5.10 Å². The molecule has 3 rings (SSSR count). The van der Waals surface area contributed by atoms with Crippen molar-refractivity contribution >= 4 is 27.9 Å². The molecule has 2 aromatic heterocycles. The predicted molar refractivity (Wildman–Crippen MR) is 67.1 cm³/mol. The normalized spacial score (nSPS) is 9.78. The van der Waals surface area contributed by atoms with Gasteiger partial charge in [-0.1, -0.05) is 12.1 Å². The standard InChI is InChI=1S/C11H7N3.CH3NO2/c1-2-8-3-4-10-9(5-7-12-10)11(8)14-13-6-1;2-1(3)4/h1-7H;2H2,(H,3,4). The van der Waals surface area contributed by atoms with Crippen LogP contribution in [0.25, 0.3) is 21.8 Å². The van der Waals surface area contributed by atoms with Gasteiger partial charge in [0.2, 0.25) is 0 Å². The first kappa shape index (κ1) is 11.7. The molecule has 0 atom stereocenters. The average molecular weight is 242 g/mol. The fourth-order valence-electron chi connectivity index (χ4n) is 1.61. The number of primary amides is 1. The quantitative estimate of drug-likeness (QED) is 0.625. The molecular weight excluding hydrogens is 232 g/mol. The van der Waals surface area contributed by atoms with E-state index in [1.165, 1.54) is 0 Å². The second kappa shape index (κ2) is 5.05. The largest absolute Gasteiger partial charge is 0.465 e. The zero-order valence-electron chi connectivity index (χ0n) is 9.32. The third-order valence-electron chi connectivity index (χ3n) is 2.27. The summed E-state index contributed by atoms with van der Waals surface area (Å²) in [6.07, 6.45) is 2.14. The SMILES string of the molecule is NC(=O)O.c1cnnc2c(c1)ccc1nccc12. The third kappa shape index (κ3) is 2.49. The highest BCUT2D eigenvalue weighted by Gasteiger charge is 2.01. The number of nitrogens with two attached hydrogens (primary N) is 1. The zero-order valence-corrected chi connectivity index (χ0v) is 9.32. The first-order valence-electron chi connectivity index (χ1n) is 5.12. The highest BCUT2D eigenvalue weighted by atomic mass is 16.4. The van der Waals surface area contributed by atoms with E-state index in [1.54, 1.807) is 12.4 Å². The minimum absolute atomic E-state index is 0.907. The first-order valence-corrected chi connectivity index (χ1v) is 5.12. The Bertz CT molecular complexity index is 696. The van der Waals surface area contributed by atoms with Crippen molar-refractivity contribution in [2.75, 3.05) is 0 Å². The van der Waals surface area contributed by atoms with Gasteiger partial charge in [0.1, 0.15) is 5.52 Å². The minimum atomic E-state index is -1.33. The molecule has 0 saturated carbocycles. The molecule has 0 aliphatic carbocycles. The van der Waals surface area contributed by atoms with Crippen molar-refractivity contribution < 1.29 is 9.90 Å². The fraction of sp³-hybridized carbons (Fsp3) is 0. The van der Waals surface area contributed by atoms with Gasteiger partial charge in [0.15, 0.2) is 0 Å². The number of carboxylic acid groups (broad SMARTS) is 1. The second-order valence-corrected chi connectivity index (χ2v) is 3.44. The van der Waals surface area contributed by atoms with Gasteiger partial charge in [-0.3, -0.25) is 4.98 Å². The average Bonchev–Trinajstić information content (AvgIpc) is 2.66. The predicted octanol–water partition coefficient (Wildman–Crippen LogP) is 1.80. The summed E-state index contributed by atoms with van der Waals surface area (Å²) in [5.41, 5.74) is 5.91. The molecule has 0 aliphatic heterocycles. The Morgan fingerprint density at radius 1 is 1.17 bits per heavy atom. The van der Waals surface area contributed by atoms with Crippen molar-refractivity contribution in [2.45, 2.75) is 0 Å². The number of hydrogen-bond donors (Lipinski definition) is 2. The number of carbonyl (C=O) groups is 1. The molecule has 0 spiro atoms. The van der Waals surface area contributed by atoms with Crippen molar-refractivity contribution in [3.63, 3.8) is 0 Å². The highest BCUT2D eigenvalue weighted by Crippen LogP contribution is 2.20. The Kier molecular flexibility index (Phi) is 3.29. The Labute approximate surface area is 102 Å². The van der Waals surface area contributed by atoms with Crippen LogP contribution >= 0.6 is 0 Å². The number of rotatable bonds is 0. The summed E-state index contributed by atoms with van der Waals surface area (Å²) in [5, 5.41) is 17.4. The van der Waals surface area contributed by atoms with E-state index in [0.29, 0.717) is 0 Å². The molecule has 1 amide bonds.